The van der Waals surface area contributed by atoms with Gasteiger partial charge in [0.25, 0.3) is 0 Å². The highest BCUT2D eigenvalue weighted by Crippen LogP contribution is 2.28. The molecule has 1 aliphatic rings. The van der Waals surface area contributed by atoms with E-state index < -0.39 is 0 Å². The minimum atomic E-state index is 0.756. The summed E-state index contributed by atoms with van der Waals surface area (Å²) in [5.41, 5.74) is 7.47. The number of hydrogen-bond donors (Lipinski definition) is 1. The molecule has 2 nitrogen and oxygen atoms in total. The molecule has 68 valence electrons. The number of rotatable bonds is 1. The first-order chi connectivity index (χ1) is 6.27. The van der Waals surface area contributed by atoms with Crippen molar-refractivity contribution in [2.75, 3.05) is 23.7 Å². The summed E-state index contributed by atoms with van der Waals surface area (Å²) >= 11 is 6.05. The molecule has 0 aliphatic carbocycles. The first kappa shape index (κ1) is 8.45. The van der Waals surface area contributed by atoms with Crippen LogP contribution in [0.5, 0.6) is 0 Å². The lowest BCUT2D eigenvalue weighted by atomic mass is 10.2. The Bertz CT molecular complexity index is 339. The fourth-order valence-corrected chi connectivity index (χ4v) is 1.68. The van der Waals surface area contributed by atoms with E-state index in [0.717, 1.165) is 29.5 Å². The smallest absolute Gasteiger partial charge is 0.0641 e. The van der Waals surface area contributed by atoms with Gasteiger partial charge in [0.05, 0.1) is 10.7 Å². The number of anilines is 2. The molecule has 0 saturated heterocycles. The third-order valence-electron chi connectivity index (χ3n) is 2.13. The van der Waals surface area contributed by atoms with E-state index in [1.807, 2.05) is 18.2 Å². The van der Waals surface area contributed by atoms with Crippen LogP contribution in [0, 0.1) is 0 Å². The number of benzene rings is 1. The van der Waals surface area contributed by atoms with E-state index in [1.54, 1.807) is 0 Å². The van der Waals surface area contributed by atoms with Crippen molar-refractivity contribution in [1.29, 1.82) is 0 Å². The molecule has 0 bridgehead atoms. The van der Waals surface area contributed by atoms with Gasteiger partial charge in [-0.05, 0) is 18.2 Å². The van der Waals surface area contributed by atoms with Crippen LogP contribution in [0.2, 0.25) is 5.02 Å². The molecule has 0 unspecified atom stereocenters. The number of hydrogen-bond acceptors (Lipinski definition) is 2. The summed E-state index contributed by atoms with van der Waals surface area (Å²) in [6.07, 6.45) is 4.25. The van der Waals surface area contributed by atoms with Crippen molar-refractivity contribution in [2.45, 2.75) is 0 Å². The molecule has 1 aromatic carbocycles. The lowest BCUT2D eigenvalue weighted by molar-refractivity contribution is 1.01. The van der Waals surface area contributed by atoms with Crippen LogP contribution < -0.4 is 10.6 Å². The Labute approximate surface area is 82.6 Å². The lowest BCUT2D eigenvalue weighted by Crippen LogP contribution is -2.18. The molecule has 0 fully saturated rings. The average molecular weight is 195 g/mol. The highest BCUT2D eigenvalue weighted by molar-refractivity contribution is 6.33. The summed E-state index contributed by atoms with van der Waals surface area (Å²) in [5, 5.41) is 0.762. The third-order valence-corrected chi connectivity index (χ3v) is 2.45. The zero-order chi connectivity index (χ0) is 9.26. The molecule has 0 radical (unpaired) electrons. The van der Waals surface area contributed by atoms with Gasteiger partial charge in [0, 0.05) is 18.8 Å². The van der Waals surface area contributed by atoms with Gasteiger partial charge in [-0.25, -0.2) is 0 Å². The SMILES string of the molecule is Nc1ccc(Cl)c(N2CC=CC2)c1. The predicted octanol–water partition coefficient (Wildman–Crippen LogP) is 2.30. The molecule has 1 aliphatic heterocycles. The molecule has 2 N–H and O–H groups in total. The van der Waals surface area contributed by atoms with E-state index in [4.69, 9.17) is 17.3 Å². The monoisotopic (exact) mass is 194 g/mol. The minimum Gasteiger partial charge on any atom is -0.399 e. The van der Waals surface area contributed by atoms with Crippen LogP contribution in [0.1, 0.15) is 0 Å². The van der Waals surface area contributed by atoms with E-state index in [-0.39, 0.29) is 0 Å². The summed E-state index contributed by atoms with van der Waals surface area (Å²) < 4.78 is 0. The summed E-state index contributed by atoms with van der Waals surface area (Å²) in [6, 6.07) is 5.56. The Morgan fingerprint density at radius 1 is 1.23 bits per heavy atom. The molecule has 0 saturated carbocycles. The number of nitrogen functional groups attached to an aromatic ring is 1. The second-order valence-electron chi connectivity index (χ2n) is 3.09. The van der Waals surface area contributed by atoms with Crippen molar-refractivity contribution in [3.8, 4) is 0 Å². The summed E-state index contributed by atoms with van der Waals surface area (Å²) in [6.45, 7) is 1.84. The van der Waals surface area contributed by atoms with Gasteiger partial charge in [0.2, 0.25) is 0 Å². The van der Waals surface area contributed by atoms with Crippen molar-refractivity contribution in [3.05, 3.63) is 35.4 Å². The van der Waals surface area contributed by atoms with Crippen LogP contribution in [0.4, 0.5) is 11.4 Å². The van der Waals surface area contributed by atoms with Gasteiger partial charge in [-0.3, -0.25) is 0 Å². The predicted molar refractivity (Wildman–Crippen MR) is 57.2 cm³/mol. The summed E-state index contributed by atoms with van der Waals surface area (Å²) in [7, 11) is 0. The van der Waals surface area contributed by atoms with E-state index in [9.17, 15) is 0 Å². The molecule has 0 aromatic heterocycles. The Balaban J connectivity index is 2.33. The fourth-order valence-electron chi connectivity index (χ4n) is 1.45. The van der Waals surface area contributed by atoms with Crippen molar-refractivity contribution in [3.63, 3.8) is 0 Å². The van der Waals surface area contributed by atoms with Crippen molar-refractivity contribution < 1.29 is 0 Å². The maximum atomic E-state index is 6.05. The highest BCUT2D eigenvalue weighted by atomic mass is 35.5. The average Bonchev–Trinajstić information content (AvgIpc) is 2.61. The molecule has 3 heteroatoms. The number of halogens is 1. The molecule has 2 rings (SSSR count). The molecule has 0 spiro atoms. The number of nitrogens with zero attached hydrogens (tertiary/aromatic N) is 1. The normalized spacial score (nSPS) is 15.3. The summed E-state index contributed by atoms with van der Waals surface area (Å²) in [5.74, 6) is 0. The van der Waals surface area contributed by atoms with Gasteiger partial charge < -0.3 is 10.6 Å². The minimum absolute atomic E-state index is 0.756. The summed E-state index contributed by atoms with van der Waals surface area (Å²) in [4.78, 5) is 2.18. The van der Waals surface area contributed by atoms with Gasteiger partial charge in [0.15, 0.2) is 0 Å². The van der Waals surface area contributed by atoms with E-state index >= 15 is 0 Å². The van der Waals surface area contributed by atoms with Crippen LogP contribution in [0.25, 0.3) is 0 Å². The maximum Gasteiger partial charge on any atom is 0.0641 e. The molecular weight excluding hydrogens is 184 g/mol. The Hall–Kier alpha value is -1.15. The van der Waals surface area contributed by atoms with Crippen LogP contribution in [0.15, 0.2) is 30.4 Å². The second kappa shape index (κ2) is 3.30. The zero-order valence-electron chi connectivity index (χ0n) is 7.20. The Morgan fingerprint density at radius 2 is 1.92 bits per heavy atom. The number of nitrogens with two attached hydrogens (primary N) is 1. The molecule has 1 heterocycles. The molecule has 13 heavy (non-hydrogen) atoms. The maximum absolute atomic E-state index is 6.05. The molecule has 0 atom stereocenters. The van der Waals surface area contributed by atoms with Crippen molar-refractivity contribution in [2.24, 2.45) is 0 Å². The first-order valence-electron chi connectivity index (χ1n) is 4.22. The van der Waals surface area contributed by atoms with E-state index in [2.05, 4.69) is 17.1 Å². The van der Waals surface area contributed by atoms with Crippen LogP contribution >= 0.6 is 11.6 Å². The largest absolute Gasteiger partial charge is 0.399 e. The first-order valence-corrected chi connectivity index (χ1v) is 4.60. The van der Waals surface area contributed by atoms with Crippen molar-refractivity contribution >= 4 is 23.0 Å². The quantitative estimate of drug-likeness (QED) is 0.549. The van der Waals surface area contributed by atoms with Gasteiger partial charge in [-0.2, -0.15) is 0 Å². The van der Waals surface area contributed by atoms with Crippen LogP contribution in [-0.4, -0.2) is 13.1 Å². The van der Waals surface area contributed by atoms with Gasteiger partial charge >= 0.3 is 0 Å². The Kier molecular flexibility index (Phi) is 2.15. The van der Waals surface area contributed by atoms with Crippen molar-refractivity contribution in [1.82, 2.24) is 0 Å². The topological polar surface area (TPSA) is 29.3 Å². The van der Waals surface area contributed by atoms with Crippen LogP contribution in [-0.2, 0) is 0 Å². The van der Waals surface area contributed by atoms with Gasteiger partial charge in [-0.1, -0.05) is 23.8 Å². The highest BCUT2D eigenvalue weighted by Gasteiger charge is 2.10. The molecule has 0 amide bonds. The van der Waals surface area contributed by atoms with Gasteiger partial charge in [0.1, 0.15) is 0 Å². The fraction of sp³-hybridized carbons (Fsp3) is 0.200. The molecular formula is C10H11ClN2. The van der Waals surface area contributed by atoms with E-state index in [1.165, 1.54) is 0 Å². The standard InChI is InChI=1S/C10H11ClN2/c11-9-4-3-8(12)7-10(9)13-5-1-2-6-13/h1-4,7H,5-6,12H2. The Morgan fingerprint density at radius 3 is 2.62 bits per heavy atom. The zero-order valence-corrected chi connectivity index (χ0v) is 7.96. The third kappa shape index (κ3) is 1.63. The lowest BCUT2D eigenvalue weighted by Gasteiger charge is -2.19. The van der Waals surface area contributed by atoms with E-state index in [0.29, 0.717) is 0 Å². The second-order valence-corrected chi connectivity index (χ2v) is 3.49. The van der Waals surface area contributed by atoms with Crippen LogP contribution in [0.3, 0.4) is 0 Å². The molecule has 1 aromatic rings. The van der Waals surface area contributed by atoms with Gasteiger partial charge in [-0.15, -0.1) is 0 Å².